The number of fused-ring (bicyclic) bond motifs is 1. The van der Waals surface area contributed by atoms with Gasteiger partial charge in [-0.3, -0.25) is 4.79 Å². The summed E-state index contributed by atoms with van der Waals surface area (Å²) in [6.07, 6.45) is 1.79. The van der Waals surface area contributed by atoms with E-state index in [0.717, 1.165) is 5.39 Å². The molecule has 2 aromatic heterocycles. The number of nitrogens with one attached hydrogen (secondary N) is 2. The number of nitrogens with zero attached hydrogens (tertiary/aromatic N) is 3. The lowest BCUT2D eigenvalue weighted by molar-refractivity contribution is 0.0301. The van der Waals surface area contributed by atoms with Crippen molar-refractivity contribution in [3.8, 4) is 11.6 Å². The van der Waals surface area contributed by atoms with E-state index in [1.807, 2.05) is 13.0 Å². The van der Waals surface area contributed by atoms with Crippen molar-refractivity contribution in [3.63, 3.8) is 0 Å². The minimum atomic E-state index is -0.0700. The third-order valence-electron chi connectivity index (χ3n) is 4.65. The molecule has 1 aliphatic rings. The van der Waals surface area contributed by atoms with E-state index in [1.54, 1.807) is 36.4 Å². The summed E-state index contributed by atoms with van der Waals surface area (Å²) in [5, 5.41) is 3.98. The van der Waals surface area contributed by atoms with Gasteiger partial charge in [0, 0.05) is 31.0 Å². The molecule has 1 aromatic carbocycles. The normalized spacial score (nSPS) is 14.1. The van der Waals surface area contributed by atoms with Crippen LogP contribution in [-0.4, -0.2) is 65.8 Å². The van der Waals surface area contributed by atoms with Crippen LogP contribution in [0.2, 0.25) is 0 Å². The number of benzene rings is 1. The summed E-state index contributed by atoms with van der Waals surface area (Å²) in [6, 6.07) is 7.18. The predicted molar refractivity (Wildman–Crippen MR) is 108 cm³/mol. The third-order valence-corrected chi connectivity index (χ3v) is 4.65. The first-order valence-electron chi connectivity index (χ1n) is 9.49. The molecule has 2 N–H and O–H groups in total. The summed E-state index contributed by atoms with van der Waals surface area (Å²) in [5.74, 6) is 1.31. The second-order valence-electron chi connectivity index (χ2n) is 6.47. The third kappa shape index (κ3) is 3.95. The molecule has 0 saturated carbocycles. The summed E-state index contributed by atoms with van der Waals surface area (Å²) in [6.45, 7) is 4.66. The van der Waals surface area contributed by atoms with Crippen LogP contribution in [0, 0.1) is 0 Å². The highest BCUT2D eigenvalue weighted by Crippen LogP contribution is 2.28. The van der Waals surface area contributed by atoms with Crippen molar-refractivity contribution < 1.29 is 19.0 Å². The highest BCUT2D eigenvalue weighted by atomic mass is 16.5. The molecule has 1 fully saturated rings. The lowest BCUT2D eigenvalue weighted by atomic mass is 10.1. The lowest BCUT2D eigenvalue weighted by Crippen LogP contribution is -2.40. The molecule has 0 bridgehead atoms. The van der Waals surface area contributed by atoms with Crippen molar-refractivity contribution in [3.05, 3.63) is 36.0 Å². The van der Waals surface area contributed by atoms with Gasteiger partial charge >= 0.3 is 0 Å². The van der Waals surface area contributed by atoms with Crippen LogP contribution in [0.3, 0.4) is 0 Å². The average molecular weight is 397 g/mol. The largest absolute Gasteiger partial charge is 0.496 e. The van der Waals surface area contributed by atoms with Crippen molar-refractivity contribution in [1.82, 2.24) is 19.9 Å². The monoisotopic (exact) mass is 397 g/mol. The zero-order valence-electron chi connectivity index (χ0n) is 16.4. The Kier molecular flexibility index (Phi) is 5.48. The maximum Gasteiger partial charge on any atom is 0.257 e. The number of morpholine rings is 1. The van der Waals surface area contributed by atoms with E-state index >= 15 is 0 Å². The van der Waals surface area contributed by atoms with E-state index < -0.39 is 0 Å². The van der Waals surface area contributed by atoms with Gasteiger partial charge in [-0.2, -0.15) is 9.97 Å². The number of methoxy groups -OCH3 is 1. The Morgan fingerprint density at radius 3 is 2.86 bits per heavy atom. The van der Waals surface area contributed by atoms with Crippen molar-refractivity contribution in [2.75, 3.05) is 45.3 Å². The SMILES string of the molecule is CCOc1nc(Nc2ccc(C(=O)N3CCOCC3)c(OC)c2)nc2[nH]ccc12. The van der Waals surface area contributed by atoms with Crippen LogP contribution in [0.15, 0.2) is 30.5 Å². The molecule has 4 rings (SSSR count). The van der Waals surface area contributed by atoms with Crippen LogP contribution in [0.5, 0.6) is 11.6 Å². The molecule has 152 valence electrons. The quantitative estimate of drug-likeness (QED) is 0.659. The van der Waals surface area contributed by atoms with E-state index in [4.69, 9.17) is 14.2 Å². The molecule has 1 aliphatic heterocycles. The van der Waals surface area contributed by atoms with Gasteiger partial charge in [-0.1, -0.05) is 0 Å². The second-order valence-corrected chi connectivity index (χ2v) is 6.47. The minimum absolute atomic E-state index is 0.0700. The van der Waals surface area contributed by atoms with Crippen LogP contribution in [0.4, 0.5) is 11.6 Å². The molecule has 0 unspecified atom stereocenters. The van der Waals surface area contributed by atoms with Gasteiger partial charge in [0.2, 0.25) is 11.8 Å². The number of ether oxygens (including phenoxy) is 3. The van der Waals surface area contributed by atoms with Crippen LogP contribution in [-0.2, 0) is 4.74 Å². The second kappa shape index (κ2) is 8.36. The summed E-state index contributed by atoms with van der Waals surface area (Å²) in [7, 11) is 1.55. The maximum atomic E-state index is 12.8. The van der Waals surface area contributed by atoms with Crippen molar-refractivity contribution in [2.45, 2.75) is 6.92 Å². The Morgan fingerprint density at radius 2 is 2.10 bits per heavy atom. The first-order chi connectivity index (χ1) is 14.2. The van der Waals surface area contributed by atoms with Gasteiger partial charge in [0.1, 0.15) is 11.4 Å². The van der Waals surface area contributed by atoms with Gasteiger partial charge in [0.25, 0.3) is 5.91 Å². The van der Waals surface area contributed by atoms with Gasteiger partial charge in [0.15, 0.2) is 0 Å². The first kappa shape index (κ1) is 19.0. The number of aromatic amines is 1. The fourth-order valence-corrected chi connectivity index (χ4v) is 3.23. The Bertz CT molecular complexity index is 1010. The molecule has 9 heteroatoms. The molecule has 0 spiro atoms. The molecule has 1 amide bonds. The van der Waals surface area contributed by atoms with Gasteiger partial charge in [-0.15, -0.1) is 0 Å². The van der Waals surface area contributed by atoms with Crippen LogP contribution >= 0.6 is 0 Å². The van der Waals surface area contributed by atoms with Crippen molar-refractivity contribution >= 4 is 28.6 Å². The number of anilines is 2. The average Bonchev–Trinajstić information content (AvgIpc) is 3.23. The minimum Gasteiger partial charge on any atom is -0.496 e. The summed E-state index contributed by atoms with van der Waals surface area (Å²) < 4.78 is 16.4. The van der Waals surface area contributed by atoms with E-state index in [0.29, 0.717) is 67.4 Å². The zero-order chi connectivity index (χ0) is 20.2. The Balaban J connectivity index is 1.59. The molecular weight excluding hydrogens is 374 g/mol. The first-order valence-corrected chi connectivity index (χ1v) is 9.49. The lowest BCUT2D eigenvalue weighted by Gasteiger charge is -2.27. The van der Waals surface area contributed by atoms with Crippen LogP contribution in [0.1, 0.15) is 17.3 Å². The Hall–Kier alpha value is -3.33. The summed E-state index contributed by atoms with van der Waals surface area (Å²) in [5.41, 5.74) is 1.89. The standard InChI is InChI=1S/C20H23N5O4/c1-3-29-18-15-6-7-21-17(15)23-20(24-18)22-13-4-5-14(16(12-13)27-2)19(26)25-8-10-28-11-9-25/h4-7,12H,3,8-11H2,1-2H3,(H2,21,22,23,24). The smallest absolute Gasteiger partial charge is 0.257 e. The topological polar surface area (TPSA) is 102 Å². The van der Waals surface area contributed by atoms with Crippen LogP contribution < -0.4 is 14.8 Å². The molecule has 3 heterocycles. The molecule has 0 atom stereocenters. The van der Waals surface area contributed by atoms with Gasteiger partial charge in [0.05, 0.1) is 37.9 Å². The van der Waals surface area contributed by atoms with Gasteiger partial charge < -0.3 is 29.4 Å². The molecule has 3 aromatic rings. The van der Waals surface area contributed by atoms with E-state index in [-0.39, 0.29) is 5.91 Å². The molecule has 0 radical (unpaired) electrons. The van der Waals surface area contributed by atoms with E-state index in [1.165, 1.54) is 0 Å². The highest BCUT2D eigenvalue weighted by Gasteiger charge is 2.22. The number of carbonyl (C=O) groups excluding carboxylic acids is 1. The summed E-state index contributed by atoms with van der Waals surface area (Å²) in [4.78, 5) is 26.6. The van der Waals surface area contributed by atoms with E-state index in [9.17, 15) is 4.79 Å². The van der Waals surface area contributed by atoms with Crippen molar-refractivity contribution in [2.24, 2.45) is 0 Å². The number of carbonyl (C=O) groups is 1. The number of hydrogen-bond donors (Lipinski definition) is 2. The fourth-order valence-electron chi connectivity index (χ4n) is 3.23. The molecule has 29 heavy (non-hydrogen) atoms. The molecule has 9 nitrogen and oxygen atoms in total. The maximum absolute atomic E-state index is 12.8. The van der Waals surface area contributed by atoms with Gasteiger partial charge in [-0.25, -0.2) is 0 Å². The zero-order valence-corrected chi connectivity index (χ0v) is 16.4. The highest BCUT2D eigenvalue weighted by molar-refractivity contribution is 5.97. The van der Waals surface area contributed by atoms with E-state index in [2.05, 4.69) is 20.3 Å². The number of hydrogen-bond acceptors (Lipinski definition) is 7. The number of amides is 1. The Labute approximate surface area is 168 Å². The number of rotatable bonds is 6. The summed E-state index contributed by atoms with van der Waals surface area (Å²) >= 11 is 0. The van der Waals surface area contributed by atoms with Crippen LogP contribution in [0.25, 0.3) is 11.0 Å². The Morgan fingerprint density at radius 1 is 1.28 bits per heavy atom. The number of aromatic nitrogens is 3. The van der Waals surface area contributed by atoms with Crippen molar-refractivity contribution in [1.29, 1.82) is 0 Å². The molecular formula is C20H23N5O4. The fraction of sp³-hybridized carbons (Fsp3) is 0.350. The predicted octanol–water partition coefficient (Wildman–Crippen LogP) is 2.58. The van der Waals surface area contributed by atoms with Gasteiger partial charge in [-0.05, 0) is 25.1 Å². The number of H-pyrrole nitrogens is 1. The molecule has 0 aliphatic carbocycles. The molecule has 1 saturated heterocycles.